The molecule has 1 aromatic rings. The van der Waals surface area contributed by atoms with Gasteiger partial charge in [0.15, 0.2) is 0 Å². The molecular weight excluding hydrogens is 501 g/mol. The number of benzene rings is 1. The Labute approximate surface area is 225 Å². The largest absolute Gasteiger partial charge is 0.383 e. The Bertz CT molecular complexity index is 858. The molecule has 0 aromatic heterocycles. The maximum Gasteiger partial charge on any atom is 0.245 e. The van der Waals surface area contributed by atoms with Gasteiger partial charge in [0.25, 0.3) is 0 Å². The number of ether oxygens (including phenoxy) is 1. The van der Waals surface area contributed by atoms with Crippen molar-refractivity contribution in [2.24, 2.45) is 5.73 Å². The first-order chi connectivity index (χ1) is 17.4. The highest BCUT2D eigenvalue weighted by atomic mass is 35.5. The number of hydrogen-bond acceptors (Lipinski definition) is 6. The molecule has 36 heavy (non-hydrogen) atoms. The van der Waals surface area contributed by atoms with Gasteiger partial charge in [-0.25, -0.2) is 0 Å². The van der Waals surface area contributed by atoms with E-state index in [4.69, 9.17) is 33.7 Å². The van der Waals surface area contributed by atoms with Gasteiger partial charge in [0.05, 0.1) is 6.61 Å². The standard InChI is InChI=1S/C26H41Cl2N5O3/c1-36-16-11-30-19-26(8-3-2-4-9-26)33-14-12-32(13-15-33)25(35)23(31-24(34)7-10-29)17-20-5-6-21(27)18-22(20)28/h5-6,18,23,30H,2-4,7-17,19,29H2,1H3,(H,31,34). The summed E-state index contributed by atoms with van der Waals surface area (Å²) in [5.74, 6) is -0.315. The van der Waals surface area contributed by atoms with E-state index in [-0.39, 0.29) is 30.3 Å². The van der Waals surface area contributed by atoms with Crippen LogP contribution in [0.1, 0.15) is 44.1 Å². The third kappa shape index (κ3) is 8.04. The van der Waals surface area contributed by atoms with Crippen molar-refractivity contribution in [1.29, 1.82) is 0 Å². The van der Waals surface area contributed by atoms with E-state index in [0.29, 0.717) is 36.2 Å². The Morgan fingerprint density at radius 3 is 2.50 bits per heavy atom. The van der Waals surface area contributed by atoms with Crippen LogP contribution in [0.2, 0.25) is 10.0 Å². The minimum absolute atomic E-state index is 0.0815. The molecule has 1 aliphatic heterocycles. The lowest BCUT2D eigenvalue weighted by atomic mass is 9.79. The van der Waals surface area contributed by atoms with Crippen LogP contribution in [0.3, 0.4) is 0 Å². The first kappa shape index (κ1) is 29.1. The van der Waals surface area contributed by atoms with E-state index in [0.717, 1.165) is 31.7 Å². The van der Waals surface area contributed by atoms with Gasteiger partial charge in [0.2, 0.25) is 11.8 Å². The van der Waals surface area contributed by atoms with Gasteiger partial charge in [-0.15, -0.1) is 0 Å². The molecule has 4 N–H and O–H groups in total. The van der Waals surface area contributed by atoms with Crippen molar-refractivity contribution in [1.82, 2.24) is 20.4 Å². The molecule has 0 radical (unpaired) electrons. The molecule has 1 atom stereocenters. The number of rotatable bonds is 12. The van der Waals surface area contributed by atoms with Crippen LogP contribution in [0, 0.1) is 0 Å². The number of carbonyl (C=O) groups is 2. The molecule has 1 aromatic carbocycles. The SMILES string of the molecule is COCCNCC1(N2CCN(C(=O)C(Cc3ccc(Cl)cc3Cl)NC(=O)CCN)CC2)CCCCC1. The number of halogens is 2. The first-order valence-electron chi connectivity index (χ1n) is 13.1. The molecule has 1 unspecified atom stereocenters. The van der Waals surface area contributed by atoms with E-state index in [2.05, 4.69) is 15.5 Å². The average Bonchev–Trinajstić information content (AvgIpc) is 2.88. The van der Waals surface area contributed by atoms with Gasteiger partial charge >= 0.3 is 0 Å². The zero-order valence-corrected chi connectivity index (χ0v) is 22.9. The molecular formula is C26H41Cl2N5O3. The smallest absolute Gasteiger partial charge is 0.245 e. The molecule has 1 saturated heterocycles. The summed E-state index contributed by atoms with van der Waals surface area (Å²) in [5.41, 5.74) is 6.46. The number of nitrogens with zero attached hydrogens (tertiary/aromatic N) is 2. The van der Waals surface area contributed by atoms with E-state index < -0.39 is 6.04 Å². The summed E-state index contributed by atoms with van der Waals surface area (Å²) in [6, 6.07) is 4.51. The van der Waals surface area contributed by atoms with Gasteiger partial charge in [0.1, 0.15) is 6.04 Å². The number of amides is 2. The van der Waals surface area contributed by atoms with E-state index >= 15 is 0 Å². The fourth-order valence-corrected chi connectivity index (χ4v) is 5.92. The number of nitrogens with two attached hydrogens (primary N) is 1. The number of carbonyl (C=O) groups excluding carboxylic acids is 2. The van der Waals surface area contributed by atoms with Crippen molar-refractivity contribution in [3.05, 3.63) is 33.8 Å². The Morgan fingerprint density at radius 1 is 1.14 bits per heavy atom. The summed E-state index contributed by atoms with van der Waals surface area (Å²) in [6.45, 7) is 5.63. The molecule has 8 nitrogen and oxygen atoms in total. The molecule has 0 spiro atoms. The van der Waals surface area contributed by atoms with Gasteiger partial charge in [-0.05, 0) is 30.5 Å². The highest BCUT2D eigenvalue weighted by Gasteiger charge is 2.40. The lowest BCUT2D eigenvalue weighted by Gasteiger charge is -2.50. The number of piperazine rings is 1. The summed E-state index contributed by atoms with van der Waals surface area (Å²) in [7, 11) is 1.72. The molecule has 0 bridgehead atoms. The minimum atomic E-state index is -0.700. The third-order valence-electron chi connectivity index (χ3n) is 7.43. The van der Waals surface area contributed by atoms with Crippen LogP contribution in [0.5, 0.6) is 0 Å². The maximum absolute atomic E-state index is 13.6. The van der Waals surface area contributed by atoms with Crippen molar-refractivity contribution in [3.63, 3.8) is 0 Å². The predicted molar refractivity (Wildman–Crippen MR) is 144 cm³/mol. The van der Waals surface area contributed by atoms with Crippen LogP contribution in [0.15, 0.2) is 18.2 Å². The maximum atomic E-state index is 13.6. The summed E-state index contributed by atoms with van der Waals surface area (Å²) < 4.78 is 5.20. The highest BCUT2D eigenvalue weighted by Crippen LogP contribution is 2.34. The van der Waals surface area contributed by atoms with Crippen LogP contribution in [-0.2, 0) is 20.7 Å². The summed E-state index contributed by atoms with van der Waals surface area (Å²) in [4.78, 5) is 30.4. The predicted octanol–water partition coefficient (Wildman–Crippen LogP) is 2.45. The second-order valence-corrected chi connectivity index (χ2v) is 10.7. The summed E-state index contributed by atoms with van der Waals surface area (Å²) >= 11 is 12.4. The van der Waals surface area contributed by atoms with Gasteiger partial charge in [0, 0.05) is 81.3 Å². The quantitative estimate of drug-likeness (QED) is 0.351. The molecule has 3 rings (SSSR count). The fourth-order valence-electron chi connectivity index (χ4n) is 5.44. The number of methoxy groups -OCH3 is 1. The molecule has 1 saturated carbocycles. The lowest BCUT2D eigenvalue weighted by Crippen LogP contribution is -2.63. The van der Waals surface area contributed by atoms with E-state index in [1.165, 1.54) is 32.1 Å². The van der Waals surface area contributed by atoms with Crippen molar-refractivity contribution >= 4 is 35.0 Å². The van der Waals surface area contributed by atoms with Gasteiger partial charge < -0.3 is 26.0 Å². The molecule has 10 heteroatoms. The molecule has 1 aliphatic carbocycles. The van der Waals surface area contributed by atoms with Crippen molar-refractivity contribution in [2.75, 3.05) is 59.5 Å². The second kappa shape index (κ2) is 14.5. The fraction of sp³-hybridized carbons (Fsp3) is 0.692. The van der Waals surface area contributed by atoms with E-state index in [9.17, 15) is 9.59 Å². The number of nitrogens with one attached hydrogen (secondary N) is 2. The van der Waals surface area contributed by atoms with Gasteiger partial charge in [-0.2, -0.15) is 0 Å². The molecule has 1 heterocycles. The van der Waals surface area contributed by atoms with Crippen LogP contribution < -0.4 is 16.4 Å². The van der Waals surface area contributed by atoms with Crippen LogP contribution in [0.25, 0.3) is 0 Å². The molecule has 2 amide bonds. The normalized spacial score (nSPS) is 19.2. The third-order valence-corrected chi connectivity index (χ3v) is 8.01. The van der Waals surface area contributed by atoms with Gasteiger partial charge in [-0.3, -0.25) is 14.5 Å². The summed E-state index contributed by atoms with van der Waals surface area (Å²) in [5, 5.41) is 7.50. The van der Waals surface area contributed by atoms with Crippen molar-refractivity contribution < 1.29 is 14.3 Å². The molecule has 2 fully saturated rings. The molecule has 202 valence electrons. The van der Waals surface area contributed by atoms with Crippen molar-refractivity contribution in [2.45, 2.75) is 56.5 Å². The Morgan fingerprint density at radius 2 is 1.86 bits per heavy atom. The zero-order valence-electron chi connectivity index (χ0n) is 21.4. The average molecular weight is 543 g/mol. The van der Waals surface area contributed by atoms with Crippen molar-refractivity contribution in [3.8, 4) is 0 Å². The first-order valence-corrected chi connectivity index (χ1v) is 13.8. The summed E-state index contributed by atoms with van der Waals surface area (Å²) in [6.07, 6.45) is 6.59. The van der Waals surface area contributed by atoms with Crippen LogP contribution in [0.4, 0.5) is 0 Å². The lowest BCUT2D eigenvalue weighted by molar-refractivity contribution is -0.139. The highest BCUT2D eigenvalue weighted by molar-refractivity contribution is 6.35. The minimum Gasteiger partial charge on any atom is -0.383 e. The topological polar surface area (TPSA) is 99.9 Å². The Balaban J connectivity index is 1.66. The molecule has 2 aliphatic rings. The van der Waals surface area contributed by atoms with Gasteiger partial charge in [-0.1, -0.05) is 48.5 Å². The zero-order chi connectivity index (χ0) is 26.0. The van der Waals surface area contributed by atoms with Crippen LogP contribution >= 0.6 is 23.2 Å². The Kier molecular flexibility index (Phi) is 11.7. The van der Waals surface area contributed by atoms with E-state index in [1.807, 2.05) is 4.90 Å². The second-order valence-electron chi connectivity index (χ2n) is 9.87. The van der Waals surface area contributed by atoms with Crippen LogP contribution in [-0.4, -0.2) is 92.7 Å². The Hall–Kier alpha value is -1.42. The number of hydrogen-bond donors (Lipinski definition) is 3. The van der Waals surface area contributed by atoms with E-state index in [1.54, 1.807) is 25.3 Å². The monoisotopic (exact) mass is 541 g/mol.